The summed E-state index contributed by atoms with van der Waals surface area (Å²) in [5.41, 5.74) is 0.974. The highest BCUT2D eigenvalue weighted by atomic mass is 79.9. The molecule has 8 nitrogen and oxygen atoms in total. The van der Waals surface area contributed by atoms with Gasteiger partial charge in [0.15, 0.2) is 0 Å². The standard InChI is InChI=1S/C24H17BrClN3O5/c1-33-23-9-7-20(29(31)32)12-21(23)28-24(30)17(13-27)10-16-11-18(25)4-8-22(16)34-14-15-2-5-19(26)6-3-15/h2-12H,14H2,1H3,(H,28,30)/b17-10+. The molecular formula is C24H17BrClN3O5. The number of amides is 1. The number of nitrogens with one attached hydrogen (secondary N) is 1. The van der Waals surface area contributed by atoms with Gasteiger partial charge in [-0.05, 0) is 48.0 Å². The molecule has 10 heteroatoms. The summed E-state index contributed by atoms with van der Waals surface area (Å²) in [6.07, 6.45) is 1.38. The van der Waals surface area contributed by atoms with E-state index < -0.39 is 10.8 Å². The minimum absolute atomic E-state index is 0.0660. The Morgan fingerprint density at radius 2 is 1.88 bits per heavy atom. The molecule has 0 unspecified atom stereocenters. The number of ether oxygens (including phenoxy) is 2. The van der Waals surface area contributed by atoms with Crippen LogP contribution in [-0.2, 0) is 11.4 Å². The van der Waals surface area contributed by atoms with Crippen LogP contribution in [-0.4, -0.2) is 17.9 Å². The number of benzene rings is 3. The van der Waals surface area contributed by atoms with E-state index in [0.717, 1.165) is 16.1 Å². The van der Waals surface area contributed by atoms with Gasteiger partial charge in [0, 0.05) is 27.2 Å². The van der Waals surface area contributed by atoms with E-state index >= 15 is 0 Å². The van der Waals surface area contributed by atoms with Crippen molar-refractivity contribution >= 4 is 50.9 Å². The average molecular weight is 543 g/mol. The highest BCUT2D eigenvalue weighted by Crippen LogP contribution is 2.30. The third-order valence-electron chi connectivity index (χ3n) is 4.59. The molecular weight excluding hydrogens is 526 g/mol. The van der Waals surface area contributed by atoms with Crippen molar-refractivity contribution in [3.63, 3.8) is 0 Å². The van der Waals surface area contributed by atoms with Crippen LogP contribution >= 0.6 is 27.5 Å². The first-order valence-electron chi connectivity index (χ1n) is 9.73. The number of carbonyl (C=O) groups is 1. The van der Waals surface area contributed by atoms with Crippen LogP contribution in [0.2, 0.25) is 5.02 Å². The number of nitro benzene ring substituents is 1. The lowest BCUT2D eigenvalue weighted by Crippen LogP contribution is -2.14. The molecule has 0 saturated heterocycles. The number of rotatable bonds is 8. The monoisotopic (exact) mass is 541 g/mol. The zero-order chi connectivity index (χ0) is 24.7. The van der Waals surface area contributed by atoms with Gasteiger partial charge in [-0.25, -0.2) is 0 Å². The van der Waals surface area contributed by atoms with E-state index in [1.807, 2.05) is 18.2 Å². The number of nitrogens with zero attached hydrogens (tertiary/aromatic N) is 2. The Labute approximate surface area is 208 Å². The van der Waals surface area contributed by atoms with Crippen LogP contribution in [0, 0.1) is 21.4 Å². The van der Waals surface area contributed by atoms with Crippen LogP contribution < -0.4 is 14.8 Å². The van der Waals surface area contributed by atoms with Gasteiger partial charge in [0.1, 0.15) is 29.7 Å². The number of non-ortho nitro benzene ring substituents is 1. The number of nitriles is 1. The Hall–Kier alpha value is -3.87. The third kappa shape index (κ3) is 6.34. The highest BCUT2D eigenvalue weighted by molar-refractivity contribution is 9.10. The van der Waals surface area contributed by atoms with E-state index in [4.69, 9.17) is 21.1 Å². The summed E-state index contributed by atoms with van der Waals surface area (Å²) in [5.74, 6) is -0.0952. The summed E-state index contributed by atoms with van der Waals surface area (Å²) in [7, 11) is 1.36. The van der Waals surface area contributed by atoms with Crippen molar-refractivity contribution in [1.29, 1.82) is 5.26 Å². The fourth-order valence-electron chi connectivity index (χ4n) is 2.91. The lowest BCUT2D eigenvalue weighted by Gasteiger charge is -2.12. The first kappa shape index (κ1) is 24.8. The minimum Gasteiger partial charge on any atom is -0.495 e. The van der Waals surface area contributed by atoms with Crippen LogP contribution in [0.1, 0.15) is 11.1 Å². The molecule has 3 rings (SSSR count). The maximum absolute atomic E-state index is 12.8. The van der Waals surface area contributed by atoms with Gasteiger partial charge in [0.25, 0.3) is 11.6 Å². The van der Waals surface area contributed by atoms with Gasteiger partial charge >= 0.3 is 0 Å². The fourth-order valence-corrected chi connectivity index (χ4v) is 3.41. The van der Waals surface area contributed by atoms with Crippen molar-refractivity contribution in [1.82, 2.24) is 0 Å². The molecule has 0 saturated carbocycles. The van der Waals surface area contributed by atoms with E-state index in [1.165, 1.54) is 25.3 Å². The number of halogens is 2. The normalized spacial score (nSPS) is 10.8. The molecule has 0 aliphatic carbocycles. The lowest BCUT2D eigenvalue weighted by atomic mass is 10.1. The molecule has 0 aliphatic rings. The van der Waals surface area contributed by atoms with Crippen LogP contribution in [0.3, 0.4) is 0 Å². The van der Waals surface area contributed by atoms with Crippen molar-refractivity contribution < 1.29 is 19.2 Å². The molecule has 3 aromatic rings. The number of carbonyl (C=O) groups excluding carboxylic acids is 1. The Morgan fingerprint density at radius 1 is 1.18 bits per heavy atom. The molecule has 0 atom stereocenters. The van der Waals surface area contributed by atoms with E-state index in [1.54, 1.807) is 30.3 Å². The molecule has 172 valence electrons. The SMILES string of the molecule is COc1ccc([N+](=O)[O-])cc1NC(=O)/C(C#N)=C/c1cc(Br)ccc1OCc1ccc(Cl)cc1. The summed E-state index contributed by atoms with van der Waals surface area (Å²) >= 11 is 9.29. The molecule has 34 heavy (non-hydrogen) atoms. The van der Waals surface area contributed by atoms with Gasteiger partial charge in [-0.2, -0.15) is 5.26 Å². The Morgan fingerprint density at radius 3 is 2.53 bits per heavy atom. The first-order chi connectivity index (χ1) is 16.3. The van der Waals surface area contributed by atoms with Gasteiger partial charge in [0.2, 0.25) is 0 Å². The molecule has 3 aromatic carbocycles. The van der Waals surface area contributed by atoms with Crippen molar-refractivity contribution in [3.05, 3.63) is 97.0 Å². The van der Waals surface area contributed by atoms with E-state index in [2.05, 4.69) is 21.2 Å². The Balaban J connectivity index is 1.87. The van der Waals surface area contributed by atoms with Crippen LogP contribution in [0.4, 0.5) is 11.4 Å². The van der Waals surface area contributed by atoms with Gasteiger partial charge < -0.3 is 14.8 Å². The number of hydrogen-bond acceptors (Lipinski definition) is 6. The Bertz CT molecular complexity index is 1300. The maximum Gasteiger partial charge on any atom is 0.271 e. The second-order valence-electron chi connectivity index (χ2n) is 6.86. The molecule has 1 amide bonds. The number of anilines is 1. The van der Waals surface area contributed by atoms with Gasteiger partial charge in [-0.3, -0.25) is 14.9 Å². The predicted molar refractivity (Wildman–Crippen MR) is 132 cm³/mol. The largest absolute Gasteiger partial charge is 0.495 e. The highest BCUT2D eigenvalue weighted by Gasteiger charge is 2.17. The summed E-state index contributed by atoms with van der Waals surface area (Å²) < 4.78 is 11.8. The minimum atomic E-state index is -0.759. The molecule has 0 bridgehead atoms. The molecule has 0 heterocycles. The second kappa shape index (κ2) is 11.3. The summed E-state index contributed by atoms with van der Waals surface area (Å²) in [4.78, 5) is 23.3. The van der Waals surface area contributed by atoms with Crippen LogP contribution in [0.25, 0.3) is 6.08 Å². The number of methoxy groups -OCH3 is 1. The third-order valence-corrected chi connectivity index (χ3v) is 5.33. The van der Waals surface area contributed by atoms with Crippen molar-refractivity contribution in [2.45, 2.75) is 6.61 Å². The number of nitro groups is 1. The summed E-state index contributed by atoms with van der Waals surface area (Å²) in [5, 5.41) is 23.8. The molecule has 0 aromatic heterocycles. The van der Waals surface area contributed by atoms with Crippen LogP contribution in [0.5, 0.6) is 11.5 Å². The summed E-state index contributed by atoms with van der Waals surface area (Å²) in [6.45, 7) is 0.249. The second-order valence-corrected chi connectivity index (χ2v) is 8.22. The van der Waals surface area contributed by atoms with Gasteiger partial charge in [0.05, 0.1) is 17.7 Å². The zero-order valence-corrected chi connectivity index (χ0v) is 20.1. The average Bonchev–Trinajstić information content (AvgIpc) is 2.82. The van der Waals surface area contributed by atoms with Gasteiger partial charge in [-0.1, -0.05) is 39.7 Å². The Kier molecular flexibility index (Phi) is 8.24. The van der Waals surface area contributed by atoms with Crippen molar-refractivity contribution in [3.8, 4) is 17.6 Å². The number of hydrogen-bond donors (Lipinski definition) is 1. The summed E-state index contributed by atoms with van der Waals surface area (Å²) in [6, 6.07) is 18.0. The maximum atomic E-state index is 12.8. The lowest BCUT2D eigenvalue weighted by molar-refractivity contribution is -0.384. The van der Waals surface area contributed by atoms with E-state index in [0.29, 0.717) is 16.3 Å². The fraction of sp³-hybridized carbons (Fsp3) is 0.0833. The molecule has 1 N–H and O–H groups in total. The first-order valence-corrected chi connectivity index (χ1v) is 10.9. The predicted octanol–water partition coefficient (Wildman–Crippen LogP) is 6.14. The smallest absolute Gasteiger partial charge is 0.271 e. The molecule has 0 fully saturated rings. The van der Waals surface area contributed by atoms with Crippen molar-refractivity contribution in [2.24, 2.45) is 0 Å². The van der Waals surface area contributed by atoms with E-state index in [-0.39, 0.29) is 29.3 Å². The molecule has 0 spiro atoms. The topological polar surface area (TPSA) is 114 Å². The quantitative estimate of drug-likeness (QED) is 0.158. The molecule has 0 aliphatic heterocycles. The zero-order valence-electron chi connectivity index (χ0n) is 17.7. The van der Waals surface area contributed by atoms with E-state index in [9.17, 15) is 20.2 Å². The van der Waals surface area contributed by atoms with Gasteiger partial charge in [-0.15, -0.1) is 0 Å². The molecule has 0 radical (unpaired) electrons. The van der Waals surface area contributed by atoms with Crippen LogP contribution in [0.15, 0.2) is 70.7 Å². The van der Waals surface area contributed by atoms with Crippen molar-refractivity contribution in [2.75, 3.05) is 12.4 Å².